The van der Waals surface area contributed by atoms with Crippen molar-refractivity contribution < 1.29 is 4.74 Å². The van der Waals surface area contributed by atoms with Crippen molar-refractivity contribution in [1.82, 2.24) is 9.13 Å². The first-order valence-corrected chi connectivity index (χ1v) is 11.2. The van der Waals surface area contributed by atoms with E-state index in [4.69, 9.17) is 27.9 Å². The molecule has 3 heterocycles. The Labute approximate surface area is 193 Å². The van der Waals surface area contributed by atoms with E-state index in [2.05, 4.69) is 40.4 Å². The first-order valence-electron chi connectivity index (χ1n) is 9.63. The number of pyridine rings is 1. The van der Waals surface area contributed by atoms with Crippen molar-refractivity contribution in [3.05, 3.63) is 84.4 Å². The van der Waals surface area contributed by atoms with Crippen LogP contribution in [0.25, 0.3) is 0 Å². The van der Waals surface area contributed by atoms with Gasteiger partial charge in [-0.15, -0.1) is 0 Å². The van der Waals surface area contributed by atoms with E-state index in [9.17, 15) is 4.79 Å². The minimum Gasteiger partial charge on any atom is -0.356 e. The molecule has 0 N–H and O–H groups in total. The standard InChI is InChI=1S/C22H22BrCl2N3O2/c1-13(2)28-19(23)8-15-11-30-12-27(18-9-17(25)10-26(3)22(18)29)20(21(15)28)14-4-6-16(24)7-5-14/h4-10,13,20H,11-12H2,1-3H3. The van der Waals surface area contributed by atoms with Crippen molar-refractivity contribution in [3.8, 4) is 0 Å². The molecule has 0 aliphatic carbocycles. The summed E-state index contributed by atoms with van der Waals surface area (Å²) >= 11 is 16.2. The maximum atomic E-state index is 13.1. The number of nitrogens with zero attached hydrogens (tertiary/aromatic N) is 3. The van der Waals surface area contributed by atoms with Crippen LogP contribution in [0.15, 0.2) is 52.0 Å². The molecule has 1 atom stereocenters. The first-order chi connectivity index (χ1) is 14.3. The molecule has 0 radical (unpaired) electrons. The molecule has 4 rings (SSSR count). The van der Waals surface area contributed by atoms with Crippen LogP contribution in [0.2, 0.25) is 10.0 Å². The SMILES string of the molecule is CC(C)n1c(Br)cc2c1C(c1ccc(Cl)cc1)N(c1cc(Cl)cn(C)c1=O)COC2. The molecule has 1 unspecified atom stereocenters. The van der Waals surface area contributed by atoms with E-state index in [1.807, 2.05) is 29.2 Å². The van der Waals surface area contributed by atoms with Gasteiger partial charge in [0.05, 0.1) is 28.0 Å². The zero-order valence-electron chi connectivity index (χ0n) is 16.9. The number of fused-ring (bicyclic) bond motifs is 1. The summed E-state index contributed by atoms with van der Waals surface area (Å²) in [5.74, 6) is 0. The van der Waals surface area contributed by atoms with E-state index in [0.29, 0.717) is 22.3 Å². The smallest absolute Gasteiger partial charge is 0.274 e. The molecule has 0 fully saturated rings. The molecule has 3 aromatic rings. The van der Waals surface area contributed by atoms with Crippen LogP contribution in [0.5, 0.6) is 0 Å². The molecule has 1 aliphatic rings. The second-order valence-electron chi connectivity index (χ2n) is 7.70. The van der Waals surface area contributed by atoms with Gasteiger partial charge in [0.1, 0.15) is 12.4 Å². The number of anilines is 1. The summed E-state index contributed by atoms with van der Waals surface area (Å²) in [5.41, 5.74) is 3.54. The normalized spacial score (nSPS) is 16.6. The van der Waals surface area contributed by atoms with Crippen molar-refractivity contribution in [2.45, 2.75) is 32.5 Å². The van der Waals surface area contributed by atoms with Gasteiger partial charge in [0.25, 0.3) is 5.56 Å². The number of halogens is 3. The van der Waals surface area contributed by atoms with E-state index >= 15 is 0 Å². The molecule has 0 saturated heterocycles. The quantitative estimate of drug-likeness (QED) is 0.439. The van der Waals surface area contributed by atoms with E-state index < -0.39 is 0 Å². The van der Waals surface area contributed by atoms with Gasteiger partial charge in [-0.05, 0) is 59.6 Å². The fourth-order valence-electron chi connectivity index (χ4n) is 4.03. The highest BCUT2D eigenvalue weighted by Gasteiger charge is 2.34. The van der Waals surface area contributed by atoms with Crippen molar-refractivity contribution >= 4 is 44.8 Å². The van der Waals surface area contributed by atoms with Gasteiger partial charge in [0.15, 0.2) is 0 Å². The molecule has 5 nitrogen and oxygen atoms in total. The van der Waals surface area contributed by atoms with Crippen LogP contribution < -0.4 is 10.5 Å². The van der Waals surface area contributed by atoms with Gasteiger partial charge in [-0.2, -0.15) is 0 Å². The number of hydrogen-bond acceptors (Lipinski definition) is 3. The molecular weight excluding hydrogens is 489 g/mol. The fourth-order valence-corrected chi connectivity index (χ4v) is 5.28. The van der Waals surface area contributed by atoms with Gasteiger partial charge >= 0.3 is 0 Å². The topological polar surface area (TPSA) is 39.4 Å². The lowest BCUT2D eigenvalue weighted by molar-refractivity contribution is 0.124. The Balaban J connectivity index is 2.01. The zero-order valence-corrected chi connectivity index (χ0v) is 20.0. The van der Waals surface area contributed by atoms with Crippen LogP contribution in [0.4, 0.5) is 5.69 Å². The lowest BCUT2D eigenvalue weighted by Gasteiger charge is -2.33. The minimum atomic E-state index is -0.250. The third-order valence-electron chi connectivity index (χ3n) is 5.31. The largest absolute Gasteiger partial charge is 0.356 e. The van der Waals surface area contributed by atoms with Crippen molar-refractivity contribution in [1.29, 1.82) is 0 Å². The first kappa shape index (κ1) is 21.5. The molecule has 0 saturated carbocycles. The number of ether oxygens (including phenoxy) is 1. The van der Waals surface area contributed by atoms with E-state index in [1.165, 1.54) is 4.57 Å². The third-order valence-corrected chi connectivity index (χ3v) is 6.38. The lowest BCUT2D eigenvalue weighted by Crippen LogP contribution is -2.37. The van der Waals surface area contributed by atoms with Gasteiger partial charge in [0.2, 0.25) is 0 Å². The second-order valence-corrected chi connectivity index (χ2v) is 9.39. The molecule has 0 amide bonds. The van der Waals surface area contributed by atoms with Gasteiger partial charge in [-0.25, -0.2) is 0 Å². The monoisotopic (exact) mass is 509 g/mol. The predicted molar refractivity (Wildman–Crippen MR) is 125 cm³/mol. The Bertz CT molecular complexity index is 1140. The molecule has 0 bridgehead atoms. The predicted octanol–water partition coefficient (Wildman–Crippen LogP) is 5.92. The van der Waals surface area contributed by atoms with Crippen LogP contribution in [-0.2, 0) is 18.4 Å². The number of aromatic nitrogens is 2. The van der Waals surface area contributed by atoms with Gasteiger partial charge in [-0.1, -0.05) is 35.3 Å². The Hall–Kier alpha value is -1.73. The third kappa shape index (κ3) is 3.82. The highest BCUT2D eigenvalue weighted by atomic mass is 79.9. The maximum absolute atomic E-state index is 13.1. The Morgan fingerprint density at radius 2 is 1.83 bits per heavy atom. The van der Waals surface area contributed by atoms with Crippen molar-refractivity contribution in [2.24, 2.45) is 7.05 Å². The summed E-state index contributed by atoms with van der Waals surface area (Å²) in [7, 11) is 1.70. The second kappa shape index (κ2) is 8.42. The molecule has 158 valence electrons. The van der Waals surface area contributed by atoms with Crippen molar-refractivity contribution in [2.75, 3.05) is 11.6 Å². The molecular formula is C22H22BrCl2N3O2. The van der Waals surface area contributed by atoms with Crippen LogP contribution in [-0.4, -0.2) is 15.9 Å². The van der Waals surface area contributed by atoms with Crippen LogP contribution in [0.3, 0.4) is 0 Å². The number of rotatable bonds is 3. The molecule has 1 aromatic carbocycles. The maximum Gasteiger partial charge on any atom is 0.274 e. The molecule has 0 spiro atoms. The number of benzene rings is 1. The highest BCUT2D eigenvalue weighted by molar-refractivity contribution is 9.10. The minimum absolute atomic E-state index is 0.132. The van der Waals surface area contributed by atoms with Crippen LogP contribution in [0, 0.1) is 0 Å². The molecule has 8 heteroatoms. The average Bonchev–Trinajstić information content (AvgIpc) is 2.90. The summed E-state index contributed by atoms with van der Waals surface area (Å²) in [5, 5.41) is 1.15. The Morgan fingerprint density at radius 3 is 2.50 bits per heavy atom. The average molecular weight is 511 g/mol. The number of aryl methyl sites for hydroxylation is 1. The van der Waals surface area contributed by atoms with E-state index in [0.717, 1.165) is 21.4 Å². The molecule has 2 aromatic heterocycles. The fraction of sp³-hybridized carbons (Fsp3) is 0.318. The molecule has 30 heavy (non-hydrogen) atoms. The Morgan fingerprint density at radius 1 is 1.13 bits per heavy atom. The van der Waals surface area contributed by atoms with Crippen molar-refractivity contribution in [3.63, 3.8) is 0 Å². The zero-order chi connectivity index (χ0) is 21.6. The van der Waals surface area contributed by atoms with Crippen LogP contribution in [0.1, 0.15) is 42.8 Å². The summed E-state index contributed by atoms with van der Waals surface area (Å²) in [6.07, 6.45) is 1.61. The summed E-state index contributed by atoms with van der Waals surface area (Å²) in [6.45, 7) is 4.99. The van der Waals surface area contributed by atoms with Gasteiger partial charge < -0.3 is 18.8 Å². The summed E-state index contributed by atoms with van der Waals surface area (Å²) in [6, 6.07) is 11.5. The van der Waals surface area contributed by atoms with Gasteiger partial charge in [0, 0.05) is 29.9 Å². The number of hydrogen-bond donors (Lipinski definition) is 0. The van der Waals surface area contributed by atoms with Gasteiger partial charge in [-0.3, -0.25) is 4.79 Å². The lowest BCUT2D eigenvalue weighted by atomic mass is 9.98. The Kier molecular flexibility index (Phi) is 6.04. The van der Waals surface area contributed by atoms with E-state index in [1.54, 1.807) is 19.3 Å². The summed E-state index contributed by atoms with van der Waals surface area (Å²) in [4.78, 5) is 15.1. The van der Waals surface area contributed by atoms with E-state index in [-0.39, 0.29) is 24.4 Å². The van der Waals surface area contributed by atoms with Crippen LogP contribution >= 0.6 is 39.1 Å². The summed E-state index contributed by atoms with van der Waals surface area (Å²) < 4.78 is 10.7. The molecule has 1 aliphatic heterocycles. The highest BCUT2D eigenvalue weighted by Crippen LogP contribution is 2.40.